The Bertz CT molecular complexity index is 532. The minimum absolute atomic E-state index is 0.198. The monoisotopic (exact) mass is 277 g/mol. The Labute approximate surface area is 120 Å². The molecule has 1 amide bonds. The van der Waals surface area contributed by atoms with Gasteiger partial charge in [0.25, 0.3) is 5.91 Å². The third-order valence-electron chi connectivity index (χ3n) is 4.21. The van der Waals surface area contributed by atoms with Gasteiger partial charge in [-0.25, -0.2) is 0 Å². The summed E-state index contributed by atoms with van der Waals surface area (Å²) in [5, 5.41) is 8.91. The van der Waals surface area contributed by atoms with Gasteiger partial charge < -0.3 is 10.0 Å². The van der Waals surface area contributed by atoms with Crippen molar-refractivity contribution in [3.63, 3.8) is 0 Å². The highest BCUT2D eigenvalue weighted by atomic mass is 16.4. The van der Waals surface area contributed by atoms with Crippen LogP contribution in [0.1, 0.15) is 45.1 Å². The van der Waals surface area contributed by atoms with Gasteiger partial charge in [-0.2, -0.15) is 0 Å². The summed E-state index contributed by atoms with van der Waals surface area (Å²) in [6.45, 7) is 11.8. The van der Waals surface area contributed by atoms with E-state index in [1.54, 1.807) is 6.92 Å². The fourth-order valence-electron chi connectivity index (χ4n) is 2.47. The molecule has 1 N–H and O–H groups in total. The van der Waals surface area contributed by atoms with Crippen molar-refractivity contribution < 1.29 is 14.7 Å². The Morgan fingerprint density at radius 3 is 1.65 bits per heavy atom. The molecule has 0 aliphatic heterocycles. The predicted molar refractivity (Wildman–Crippen MR) is 79.3 cm³/mol. The van der Waals surface area contributed by atoms with Crippen LogP contribution in [0.15, 0.2) is 0 Å². The largest absolute Gasteiger partial charge is 0.480 e. The number of hydrogen-bond donors (Lipinski definition) is 1. The first-order chi connectivity index (χ1) is 9.22. The summed E-state index contributed by atoms with van der Waals surface area (Å²) in [6, 6.07) is 0. The van der Waals surface area contributed by atoms with E-state index in [2.05, 4.69) is 0 Å². The first kappa shape index (κ1) is 16.2. The topological polar surface area (TPSA) is 57.6 Å². The lowest BCUT2D eigenvalue weighted by Crippen LogP contribution is -2.36. The van der Waals surface area contributed by atoms with Gasteiger partial charge in [0.2, 0.25) is 0 Å². The standard InChI is InChI=1S/C16H23NO3/c1-7-17(8-14(18)19)16(20)15-12(5)10(3)9(2)11(4)13(15)6/h7-8H2,1-6H3,(H,18,19). The van der Waals surface area contributed by atoms with E-state index in [1.807, 2.05) is 34.6 Å². The highest BCUT2D eigenvalue weighted by molar-refractivity contribution is 5.99. The van der Waals surface area contributed by atoms with Crippen molar-refractivity contribution >= 4 is 11.9 Å². The molecule has 0 saturated heterocycles. The van der Waals surface area contributed by atoms with E-state index in [4.69, 9.17) is 5.11 Å². The van der Waals surface area contributed by atoms with Crippen LogP contribution < -0.4 is 0 Å². The summed E-state index contributed by atoms with van der Waals surface area (Å²) in [7, 11) is 0. The molecule has 1 aromatic rings. The second kappa shape index (κ2) is 6.07. The Kier molecular flexibility index (Phi) is 4.93. The van der Waals surface area contributed by atoms with E-state index < -0.39 is 5.97 Å². The molecule has 0 fully saturated rings. The van der Waals surface area contributed by atoms with Crippen molar-refractivity contribution in [1.82, 2.24) is 4.90 Å². The lowest BCUT2D eigenvalue weighted by atomic mass is 9.89. The molecule has 1 aromatic carbocycles. The highest BCUT2D eigenvalue weighted by Crippen LogP contribution is 2.27. The van der Waals surface area contributed by atoms with Gasteiger partial charge in [-0.05, 0) is 69.4 Å². The molecule has 0 radical (unpaired) electrons. The quantitative estimate of drug-likeness (QED) is 0.920. The van der Waals surface area contributed by atoms with E-state index in [0.717, 1.165) is 22.3 Å². The van der Waals surface area contributed by atoms with Crippen molar-refractivity contribution in [1.29, 1.82) is 0 Å². The summed E-state index contributed by atoms with van der Waals surface area (Å²) < 4.78 is 0. The molecule has 0 spiro atoms. The summed E-state index contributed by atoms with van der Waals surface area (Å²) in [6.07, 6.45) is 0. The van der Waals surface area contributed by atoms with Gasteiger partial charge in [-0.1, -0.05) is 0 Å². The van der Waals surface area contributed by atoms with Crippen molar-refractivity contribution in [3.05, 3.63) is 33.4 Å². The van der Waals surface area contributed by atoms with Gasteiger partial charge in [0, 0.05) is 12.1 Å². The number of nitrogens with zero attached hydrogens (tertiary/aromatic N) is 1. The predicted octanol–water partition coefficient (Wildman–Crippen LogP) is 2.78. The van der Waals surface area contributed by atoms with Crippen LogP contribution in [0, 0.1) is 34.6 Å². The molecule has 0 aliphatic rings. The van der Waals surface area contributed by atoms with Crippen LogP contribution in [0.5, 0.6) is 0 Å². The maximum atomic E-state index is 12.6. The van der Waals surface area contributed by atoms with E-state index in [1.165, 1.54) is 10.5 Å². The molecule has 4 heteroatoms. The zero-order chi connectivity index (χ0) is 15.6. The Balaban J connectivity index is 3.39. The molecule has 0 aliphatic carbocycles. The minimum atomic E-state index is -0.990. The van der Waals surface area contributed by atoms with E-state index in [0.29, 0.717) is 12.1 Å². The van der Waals surface area contributed by atoms with E-state index in [9.17, 15) is 9.59 Å². The van der Waals surface area contributed by atoms with E-state index >= 15 is 0 Å². The number of rotatable bonds is 4. The molecule has 0 atom stereocenters. The first-order valence-electron chi connectivity index (χ1n) is 6.80. The number of aliphatic carboxylic acids is 1. The molecular formula is C16H23NO3. The zero-order valence-corrected chi connectivity index (χ0v) is 13.1. The Morgan fingerprint density at radius 1 is 0.900 bits per heavy atom. The lowest BCUT2D eigenvalue weighted by molar-refractivity contribution is -0.137. The SMILES string of the molecule is CCN(CC(=O)O)C(=O)c1c(C)c(C)c(C)c(C)c1C. The van der Waals surface area contributed by atoms with Crippen LogP contribution in [0.3, 0.4) is 0 Å². The summed E-state index contributed by atoms with van der Waals surface area (Å²) in [4.78, 5) is 24.9. The number of benzene rings is 1. The van der Waals surface area contributed by atoms with Gasteiger partial charge in [0.1, 0.15) is 6.54 Å². The van der Waals surface area contributed by atoms with Gasteiger partial charge >= 0.3 is 5.97 Å². The number of carbonyl (C=O) groups excluding carboxylic acids is 1. The van der Waals surface area contributed by atoms with Crippen LogP contribution in [0.4, 0.5) is 0 Å². The van der Waals surface area contributed by atoms with Crippen molar-refractivity contribution in [2.45, 2.75) is 41.5 Å². The minimum Gasteiger partial charge on any atom is -0.480 e. The van der Waals surface area contributed by atoms with E-state index in [-0.39, 0.29) is 12.5 Å². The summed E-state index contributed by atoms with van der Waals surface area (Å²) >= 11 is 0. The Hall–Kier alpha value is -1.84. The molecule has 0 bridgehead atoms. The second-order valence-electron chi connectivity index (χ2n) is 5.21. The number of likely N-dealkylation sites (N-methyl/N-ethyl adjacent to an activating group) is 1. The summed E-state index contributed by atoms with van der Waals surface area (Å²) in [5.74, 6) is -1.19. The fraction of sp³-hybridized carbons (Fsp3) is 0.500. The second-order valence-corrected chi connectivity index (χ2v) is 5.21. The molecule has 0 heterocycles. The molecule has 20 heavy (non-hydrogen) atoms. The number of carboxylic acids is 1. The summed E-state index contributed by atoms with van der Waals surface area (Å²) in [5.41, 5.74) is 5.93. The average Bonchev–Trinajstić information content (AvgIpc) is 2.40. The highest BCUT2D eigenvalue weighted by Gasteiger charge is 2.23. The van der Waals surface area contributed by atoms with Gasteiger partial charge in [0.05, 0.1) is 0 Å². The van der Waals surface area contributed by atoms with Crippen LogP contribution in [-0.2, 0) is 4.79 Å². The van der Waals surface area contributed by atoms with Crippen molar-refractivity contribution in [2.24, 2.45) is 0 Å². The first-order valence-corrected chi connectivity index (χ1v) is 6.80. The molecule has 4 nitrogen and oxygen atoms in total. The molecule has 0 saturated carbocycles. The molecule has 1 rings (SSSR count). The van der Waals surface area contributed by atoms with Crippen LogP contribution in [0.2, 0.25) is 0 Å². The van der Waals surface area contributed by atoms with Crippen LogP contribution in [0.25, 0.3) is 0 Å². The van der Waals surface area contributed by atoms with Crippen molar-refractivity contribution in [2.75, 3.05) is 13.1 Å². The Morgan fingerprint density at radius 2 is 1.30 bits per heavy atom. The van der Waals surface area contributed by atoms with Crippen molar-refractivity contribution in [3.8, 4) is 0 Å². The lowest BCUT2D eigenvalue weighted by Gasteiger charge is -2.24. The smallest absolute Gasteiger partial charge is 0.323 e. The maximum absolute atomic E-state index is 12.6. The zero-order valence-electron chi connectivity index (χ0n) is 13.1. The normalized spacial score (nSPS) is 10.5. The number of carbonyl (C=O) groups is 2. The van der Waals surface area contributed by atoms with Gasteiger partial charge in [-0.15, -0.1) is 0 Å². The number of amides is 1. The third kappa shape index (κ3) is 2.84. The average molecular weight is 277 g/mol. The van der Waals surface area contributed by atoms with Gasteiger partial charge in [0.15, 0.2) is 0 Å². The number of carboxylic acid groups (broad SMARTS) is 1. The van der Waals surface area contributed by atoms with Crippen LogP contribution in [-0.4, -0.2) is 35.0 Å². The fourth-order valence-corrected chi connectivity index (χ4v) is 2.47. The van der Waals surface area contributed by atoms with Crippen LogP contribution >= 0.6 is 0 Å². The molecular weight excluding hydrogens is 254 g/mol. The van der Waals surface area contributed by atoms with Gasteiger partial charge in [-0.3, -0.25) is 9.59 Å². The molecule has 0 unspecified atom stereocenters. The number of hydrogen-bond acceptors (Lipinski definition) is 2. The maximum Gasteiger partial charge on any atom is 0.323 e. The molecule has 0 aromatic heterocycles. The third-order valence-corrected chi connectivity index (χ3v) is 4.21. The molecule has 110 valence electrons.